The number of fused-ring (bicyclic) bond motifs is 10. The Morgan fingerprint density at radius 3 is 1.36 bits per heavy atom. The molecule has 0 N–H and O–H groups in total. The maximum atomic E-state index is 5.15. The first-order chi connectivity index (χ1) is 28.8. The van der Waals surface area contributed by atoms with Gasteiger partial charge in [0.2, 0.25) is 0 Å². The standard InChI is InChI=1S/C55H35N3/c1-2-14-41(15-3-1)58-54-25-13-10-22-51(54)56-55(58)37-28-26-36(27-29-37)39-32-40(34-42(33-39)57-52-23-11-8-20-48(52)49-21-9-12-24-53(49)57)38-30-31-47-45-18-5-4-16-43(45)44-17-6-7-19-46(44)50(47)35-38/h1-35H. The Labute approximate surface area is 335 Å². The van der Waals surface area contributed by atoms with Crippen LogP contribution in [-0.2, 0) is 0 Å². The van der Waals surface area contributed by atoms with Gasteiger partial charge in [-0.25, -0.2) is 4.98 Å². The van der Waals surface area contributed by atoms with Crippen LogP contribution in [0, 0.1) is 0 Å². The molecule has 12 rings (SSSR count). The van der Waals surface area contributed by atoms with Gasteiger partial charge in [0.05, 0.1) is 22.1 Å². The first-order valence-corrected chi connectivity index (χ1v) is 19.9. The third-order valence-electron chi connectivity index (χ3n) is 11.9. The Kier molecular flexibility index (Phi) is 7.23. The van der Waals surface area contributed by atoms with E-state index in [2.05, 4.69) is 221 Å². The molecular weight excluding hydrogens is 703 g/mol. The maximum Gasteiger partial charge on any atom is 0.145 e. The van der Waals surface area contributed by atoms with Gasteiger partial charge in [-0.2, -0.15) is 0 Å². The molecule has 12 aromatic rings. The van der Waals surface area contributed by atoms with Crippen molar-refractivity contribution in [2.45, 2.75) is 0 Å². The molecule has 3 nitrogen and oxygen atoms in total. The molecule has 0 bridgehead atoms. The molecule has 2 aromatic heterocycles. The minimum absolute atomic E-state index is 0.926. The molecule has 270 valence electrons. The van der Waals surface area contributed by atoms with Crippen molar-refractivity contribution in [2.24, 2.45) is 0 Å². The summed E-state index contributed by atoms with van der Waals surface area (Å²) in [6.45, 7) is 0. The molecule has 0 aliphatic rings. The summed E-state index contributed by atoms with van der Waals surface area (Å²) in [5, 5.41) is 10.2. The number of rotatable bonds is 5. The van der Waals surface area contributed by atoms with Crippen LogP contribution in [0.15, 0.2) is 212 Å². The molecule has 0 fully saturated rings. The summed E-state index contributed by atoms with van der Waals surface area (Å²) in [7, 11) is 0. The predicted molar refractivity (Wildman–Crippen MR) is 244 cm³/mol. The minimum atomic E-state index is 0.926. The Bertz CT molecular complexity index is 3460. The van der Waals surface area contributed by atoms with Gasteiger partial charge in [0.1, 0.15) is 5.82 Å². The Morgan fingerprint density at radius 2 is 0.724 bits per heavy atom. The van der Waals surface area contributed by atoms with Crippen molar-refractivity contribution in [3.05, 3.63) is 212 Å². The highest BCUT2D eigenvalue weighted by Gasteiger charge is 2.17. The van der Waals surface area contributed by atoms with Crippen LogP contribution in [0.5, 0.6) is 0 Å². The smallest absolute Gasteiger partial charge is 0.145 e. The van der Waals surface area contributed by atoms with Crippen LogP contribution in [0.4, 0.5) is 0 Å². The van der Waals surface area contributed by atoms with Gasteiger partial charge in [0.15, 0.2) is 0 Å². The van der Waals surface area contributed by atoms with Crippen molar-refractivity contribution in [1.82, 2.24) is 14.1 Å². The van der Waals surface area contributed by atoms with Crippen LogP contribution in [0.25, 0.3) is 110 Å². The van der Waals surface area contributed by atoms with Gasteiger partial charge < -0.3 is 4.57 Å². The van der Waals surface area contributed by atoms with Gasteiger partial charge in [-0.1, -0.05) is 152 Å². The van der Waals surface area contributed by atoms with E-state index in [0.29, 0.717) is 0 Å². The zero-order chi connectivity index (χ0) is 38.2. The molecule has 0 spiro atoms. The fourth-order valence-corrected chi connectivity index (χ4v) is 9.23. The Morgan fingerprint density at radius 1 is 0.259 bits per heavy atom. The summed E-state index contributed by atoms with van der Waals surface area (Å²) in [5.41, 5.74) is 12.4. The fourth-order valence-electron chi connectivity index (χ4n) is 9.23. The van der Waals surface area contributed by atoms with Gasteiger partial charge in [-0.3, -0.25) is 4.57 Å². The molecule has 0 unspecified atom stereocenters. The molecule has 0 saturated carbocycles. The third kappa shape index (κ3) is 5.04. The van der Waals surface area contributed by atoms with Crippen LogP contribution in [0.3, 0.4) is 0 Å². The minimum Gasteiger partial charge on any atom is -0.309 e. The molecule has 3 heteroatoms. The third-order valence-corrected chi connectivity index (χ3v) is 11.9. The van der Waals surface area contributed by atoms with Crippen LogP contribution >= 0.6 is 0 Å². The van der Waals surface area contributed by atoms with Gasteiger partial charge in [0, 0.05) is 27.7 Å². The summed E-state index contributed by atoms with van der Waals surface area (Å²) in [5.74, 6) is 0.926. The van der Waals surface area contributed by atoms with Crippen molar-refractivity contribution >= 4 is 65.2 Å². The van der Waals surface area contributed by atoms with Gasteiger partial charge in [-0.15, -0.1) is 0 Å². The molecule has 0 aliphatic carbocycles. The van der Waals surface area contributed by atoms with Crippen molar-refractivity contribution in [3.8, 4) is 45.0 Å². The van der Waals surface area contributed by atoms with E-state index in [1.165, 1.54) is 65.3 Å². The van der Waals surface area contributed by atoms with Gasteiger partial charge >= 0.3 is 0 Å². The average Bonchev–Trinajstić information content (AvgIpc) is 3.86. The van der Waals surface area contributed by atoms with Crippen molar-refractivity contribution in [1.29, 1.82) is 0 Å². The van der Waals surface area contributed by atoms with Crippen molar-refractivity contribution < 1.29 is 0 Å². The molecule has 10 aromatic carbocycles. The van der Waals surface area contributed by atoms with E-state index in [1.54, 1.807) is 0 Å². The van der Waals surface area contributed by atoms with Crippen LogP contribution in [-0.4, -0.2) is 14.1 Å². The van der Waals surface area contributed by atoms with E-state index in [0.717, 1.165) is 44.9 Å². The topological polar surface area (TPSA) is 22.8 Å². The van der Waals surface area contributed by atoms with E-state index >= 15 is 0 Å². The second-order valence-corrected chi connectivity index (χ2v) is 15.2. The van der Waals surface area contributed by atoms with Crippen LogP contribution in [0.1, 0.15) is 0 Å². The van der Waals surface area contributed by atoms with Crippen molar-refractivity contribution in [3.63, 3.8) is 0 Å². The van der Waals surface area contributed by atoms with Crippen LogP contribution in [0.2, 0.25) is 0 Å². The highest BCUT2D eigenvalue weighted by atomic mass is 15.1. The van der Waals surface area contributed by atoms with E-state index in [1.807, 2.05) is 0 Å². The van der Waals surface area contributed by atoms with Crippen LogP contribution < -0.4 is 0 Å². The van der Waals surface area contributed by atoms with E-state index < -0.39 is 0 Å². The lowest BCUT2D eigenvalue weighted by atomic mass is 9.91. The zero-order valence-electron chi connectivity index (χ0n) is 31.5. The van der Waals surface area contributed by atoms with Gasteiger partial charge in [0.25, 0.3) is 0 Å². The highest BCUT2D eigenvalue weighted by Crippen LogP contribution is 2.40. The number of para-hydroxylation sites is 5. The first-order valence-electron chi connectivity index (χ1n) is 19.9. The summed E-state index contributed by atoms with van der Waals surface area (Å²) < 4.78 is 4.69. The normalized spacial score (nSPS) is 11.8. The summed E-state index contributed by atoms with van der Waals surface area (Å²) in [6.07, 6.45) is 0. The molecule has 0 atom stereocenters. The highest BCUT2D eigenvalue weighted by molar-refractivity contribution is 6.25. The average molecular weight is 738 g/mol. The van der Waals surface area contributed by atoms with E-state index in [4.69, 9.17) is 4.98 Å². The number of hydrogen-bond donors (Lipinski definition) is 0. The van der Waals surface area contributed by atoms with E-state index in [-0.39, 0.29) is 0 Å². The second-order valence-electron chi connectivity index (χ2n) is 15.2. The molecule has 2 heterocycles. The summed E-state index contributed by atoms with van der Waals surface area (Å²) in [4.78, 5) is 5.15. The Hall–Kier alpha value is -7.75. The number of hydrogen-bond acceptors (Lipinski definition) is 1. The second kappa shape index (κ2) is 12.9. The predicted octanol–water partition coefficient (Wildman–Crippen LogP) is 14.6. The number of nitrogens with zero attached hydrogens (tertiary/aromatic N) is 3. The fraction of sp³-hybridized carbons (Fsp3) is 0. The molecule has 0 aliphatic heterocycles. The zero-order valence-corrected chi connectivity index (χ0v) is 31.5. The summed E-state index contributed by atoms with van der Waals surface area (Å²) in [6, 6.07) is 77.0. The monoisotopic (exact) mass is 737 g/mol. The lowest BCUT2D eigenvalue weighted by Gasteiger charge is -2.16. The molecule has 0 amide bonds. The molecule has 0 saturated heterocycles. The molecule has 0 radical (unpaired) electrons. The van der Waals surface area contributed by atoms with Gasteiger partial charge in [-0.05, 0) is 115 Å². The van der Waals surface area contributed by atoms with E-state index in [9.17, 15) is 0 Å². The lowest BCUT2D eigenvalue weighted by Crippen LogP contribution is -1.97. The number of benzene rings is 10. The quantitative estimate of drug-likeness (QED) is 0.161. The first kappa shape index (κ1) is 32.5. The molecule has 58 heavy (non-hydrogen) atoms. The molecular formula is C55H35N3. The lowest BCUT2D eigenvalue weighted by molar-refractivity contribution is 1.10. The van der Waals surface area contributed by atoms with Crippen molar-refractivity contribution in [2.75, 3.05) is 0 Å². The maximum absolute atomic E-state index is 5.15. The Balaban J connectivity index is 1.07. The number of aromatic nitrogens is 3. The largest absolute Gasteiger partial charge is 0.309 e. The summed E-state index contributed by atoms with van der Waals surface area (Å²) >= 11 is 0. The SMILES string of the molecule is c1ccc(-n2c(-c3ccc(-c4cc(-c5ccc6c7ccccc7c7ccccc7c6c5)cc(-n5c6ccccc6c6ccccc65)c4)cc3)nc3ccccc32)cc1. The number of imidazole rings is 1.